The van der Waals surface area contributed by atoms with Crippen molar-refractivity contribution in [1.82, 2.24) is 51.1 Å². The second-order valence-corrected chi connectivity index (χ2v) is 25.1. The molecule has 0 bridgehead atoms. The third-order valence-electron chi connectivity index (χ3n) is 18.2. The standard InChI is InChI=1S/C63H109N10O15/c1-16-37(2)31-38(3)23-21-19-17-18-20-22-24-50(77)66-45-34-47(76)57(65-39(4)35-64)71(11)61(82)54-48(86-13)29-30-72(54)63(84)53(49(87-14)32-40(5)68(7)8)70(10)60(81)51(55(78)56(88-15)42-25-27-44(85-12)28-26-42)67-58(79)46-33-43(75)36-73(46)62(83)52(41(6)74)69(9)59(45)80/h25-28,37-41,43,45-49,51-57,64-65,74-76,78H,16-24,29-36H2,1-15H3,(H,66,77)(H,67,79)/t37?,38?,39?,40?,41-,43-,45+,46?,47-,48+,49-,51+,52+,53+,54+,55+,56+,57+/m1/s1/i40D. The summed E-state index contributed by atoms with van der Waals surface area (Å²) in [5, 5.41) is 56.5. The van der Waals surface area contributed by atoms with Crippen LogP contribution in [0.1, 0.15) is 144 Å². The number of fused-ring (bicyclic) bond motifs is 2. The van der Waals surface area contributed by atoms with E-state index in [0.717, 1.165) is 64.5 Å². The van der Waals surface area contributed by atoms with E-state index in [1.807, 2.05) is 0 Å². The van der Waals surface area contributed by atoms with Gasteiger partial charge in [-0.3, -0.25) is 44.6 Å². The molecule has 4 rings (SSSR count). The van der Waals surface area contributed by atoms with Gasteiger partial charge in [0.05, 0.1) is 37.6 Å². The minimum atomic E-state index is -2.03. The SMILES string of the molecule is [2H]C(C)(C[C@@H](OC)[C@H]1C(=O)N2CC[C@H](OC)[C@H]2C(=O)N(C)[C@H](NC(C)C[NH])[C@H](O)C[C@H](NC(=O)CCCCCCCCC(C)CC(C)CC)C(=O)N(C)[C@@H]([C@@H](C)O)C(=O)N2C[C@H](O)CC2C(=O)N[C@@H]([C@H](O)[C@@H](OC)c2ccc(OC)cc2)C(=O)N1C)N(C)C. The first-order chi connectivity index (χ1) is 41.9. The number of aliphatic hydroxyl groups excluding tert-OH is 4. The van der Waals surface area contributed by atoms with Crippen LogP contribution in [0, 0.1) is 11.8 Å². The number of hydrogen-bond donors (Lipinski definition) is 7. The van der Waals surface area contributed by atoms with Crippen molar-refractivity contribution in [3.05, 3.63) is 29.8 Å². The zero-order valence-electron chi connectivity index (χ0n) is 56.1. The molecule has 0 aromatic heterocycles. The van der Waals surface area contributed by atoms with Gasteiger partial charge in [-0.1, -0.05) is 77.8 Å². The van der Waals surface area contributed by atoms with Gasteiger partial charge in [0, 0.05) is 94.8 Å². The molecule has 8 N–H and O–H groups in total. The summed E-state index contributed by atoms with van der Waals surface area (Å²) in [5.41, 5.74) is 8.60. The number of nitrogens with one attached hydrogen (secondary N) is 4. The third kappa shape index (κ3) is 20.0. The van der Waals surface area contributed by atoms with E-state index in [1.165, 1.54) is 67.8 Å². The second kappa shape index (κ2) is 36.1. The minimum absolute atomic E-state index is 0.00362. The maximum atomic E-state index is 15.9. The molecule has 3 fully saturated rings. The van der Waals surface area contributed by atoms with Crippen molar-refractivity contribution < 1.29 is 74.3 Å². The van der Waals surface area contributed by atoms with Crippen LogP contribution >= 0.6 is 0 Å². The largest absolute Gasteiger partial charge is 0.497 e. The molecule has 5 unspecified atom stereocenters. The van der Waals surface area contributed by atoms with Crippen LogP contribution < -0.4 is 26.4 Å². The fraction of sp³-hybridized carbons (Fsp3) is 0.794. The Hall–Kier alpha value is -5.09. The lowest BCUT2D eigenvalue weighted by atomic mass is 9.91. The zero-order valence-corrected chi connectivity index (χ0v) is 55.1. The third-order valence-corrected chi connectivity index (χ3v) is 18.2. The van der Waals surface area contributed by atoms with Crippen LogP contribution in [0.2, 0.25) is 0 Å². The van der Waals surface area contributed by atoms with Crippen molar-refractivity contribution in [1.29, 1.82) is 0 Å². The number of amides is 7. The van der Waals surface area contributed by atoms with Crippen LogP contribution in [0.4, 0.5) is 0 Å². The van der Waals surface area contributed by atoms with E-state index in [0.29, 0.717) is 29.6 Å². The summed E-state index contributed by atoms with van der Waals surface area (Å²) in [6.45, 7) is 10.4. The van der Waals surface area contributed by atoms with Crippen LogP contribution in [-0.4, -0.2) is 266 Å². The fourth-order valence-electron chi connectivity index (χ4n) is 12.5. The molecule has 18 atom stereocenters. The topological polar surface area (TPSA) is 317 Å². The number of rotatable bonds is 28. The Kier molecular flexibility index (Phi) is 30.2. The lowest BCUT2D eigenvalue weighted by molar-refractivity contribution is -0.160. The molecule has 25 heteroatoms. The number of aliphatic hydroxyl groups is 4. The minimum Gasteiger partial charge on any atom is -0.497 e. The van der Waals surface area contributed by atoms with Crippen molar-refractivity contribution >= 4 is 41.4 Å². The second-order valence-electron chi connectivity index (χ2n) is 25.1. The molecule has 1 aromatic carbocycles. The molecule has 0 spiro atoms. The Morgan fingerprint density at radius 1 is 0.784 bits per heavy atom. The first-order valence-electron chi connectivity index (χ1n) is 32.0. The summed E-state index contributed by atoms with van der Waals surface area (Å²) in [6.07, 6.45) is -4.23. The quantitative estimate of drug-likeness (QED) is 0.0587. The molecule has 0 saturated carbocycles. The number of benzene rings is 1. The van der Waals surface area contributed by atoms with Gasteiger partial charge in [0.15, 0.2) is 0 Å². The van der Waals surface area contributed by atoms with Crippen LogP contribution in [-0.2, 0) is 47.8 Å². The van der Waals surface area contributed by atoms with Crippen LogP contribution in [0.3, 0.4) is 0 Å². The van der Waals surface area contributed by atoms with E-state index < -0.39 is 158 Å². The molecular weight excluding hydrogens is 1140 g/mol. The number of hydrogen-bond acceptors (Lipinski definition) is 17. The number of methoxy groups -OCH3 is 4. The van der Waals surface area contributed by atoms with Gasteiger partial charge in [-0.2, -0.15) is 0 Å². The van der Waals surface area contributed by atoms with Crippen molar-refractivity contribution in [2.75, 3.05) is 83.3 Å². The van der Waals surface area contributed by atoms with E-state index in [2.05, 4.69) is 36.7 Å². The van der Waals surface area contributed by atoms with E-state index in [1.54, 1.807) is 57.1 Å². The smallest absolute Gasteiger partial charge is 0.249 e. The number of nitrogens with zero attached hydrogens (tertiary/aromatic N) is 6. The maximum absolute atomic E-state index is 15.9. The van der Waals surface area contributed by atoms with Crippen molar-refractivity contribution in [3.63, 3.8) is 0 Å². The Morgan fingerprint density at radius 3 is 1.97 bits per heavy atom. The Bertz CT molecular complexity index is 2430. The number of carbonyl (C=O) groups is 7. The molecule has 3 aliphatic rings. The van der Waals surface area contributed by atoms with Crippen molar-refractivity contribution in [2.45, 2.75) is 229 Å². The van der Waals surface area contributed by atoms with Crippen LogP contribution in [0.5, 0.6) is 5.75 Å². The summed E-state index contributed by atoms with van der Waals surface area (Å²) in [4.78, 5) is 113. The highest BCUT2D eigenvalue weighted by molar-refractivity contribution is 5.98. The van der Waals surface area contributed by atoms with Gasteiger partial charge in [0.2, 0.25) is 41.4 Å². The maximum Gasteiger partial charge on any atom is 0.249 e. The summed E-state index contributed by atoms with van der Waals surface area (Å²) in [7, 11) is 12.5. The average Bonchev–Trinajstić information content (AvgIpc) is 2.10. The van der Waals surface area contributed by atoms with E-state index in [-0.39, 0.29) is 32.4 Å². The molecule has 7 amide bonds. The Labute approximate surface area is 524 Å². The number of ether oxygens (including phenoxy) is 4. The average molecular weight is 1250 g/mol. The van der Waals surface area contributed by atoms with E-state index in [4.69, 9.17) is 24.7 Å². The molecule has 1 radical (unpaired) electrons. The van der Waals surface area contributed by atoms with Gasteiger partial charge < -0.3 is 79.4 Å². The number of carbonyl (C=O) groups excluding carboxylic acids is 7. The molecular formula is C63H109N10O15. The van der Waals surface area contributed by atoms with Gasteiger partial charge in [0.1, 0.15) is 60.4 Å². The lowest BCUT2D eigenvalue weighted by Gasteiger charge is -2.42. The zero-order chi connectivity index (χ0) is 66.8. The first kappa shape index (κ1) is 73.6. The van der Waals surface area contributed by atoms with Gasteiger partial charge in [-0.05, 0) is 90.1 Å². The van der Waals surface area contributed by atoms with Crippen molar-refractivity contribution in [2.24, 2.45) is 11.8 Å². The molecule has 1 aromatic rings. The molecule has 25 nitrogen and oxygen atoms in total. The predicted molar refractivity (Wildman–Crippen MR) is 331 cm³/mol. The molecule has 0 aliphatic carbocycles. The van der Waals surface area contributed by atoms with Crippen molar-refractivity contribution in [3.8, 4) is 5.75 Å². The normalized spacial score (nSPS) is 28.2. The van der Waals surface area contributed by atoms with E-state index in [9.17, 15) is 26.6 Å². The highest BCUT2D eigenvalue weighted by Crippen LogP contribution is 2.32. The summed E-state index contributed by atoms with van der Waals surface area (Å²) in [6, 6.07) is -6.10. The van der Waals surface area contributed by atoms with Gasteiger partial charge in [-0.25, -0.2) is 0 Å². The summed E-state index contributed by atoms with van der Waals surface area (Å²) >= 11 is 0. The van der Waals surface area contributed by atoms with Gasteiger partial charge in [0.25, 0.3) is 0 Å². The summed E-state index contributed by atoms with van der Waals surface area (Å²) < 4.78 is 32.5. The van der Waals surface area contributed by atoms with Crippen LogP contribution in [0.25, 0.3) is 0 Å². The molecule has 3 heterocycles. The van der Waals surface area contributed by atoms with E-state index >= 15 is 28.8 Å². The highest BCUT2D eigenvalue weighted by atomic mass is 16.5. The Balaban J connectivity index is 1.94. The fourth-order valence-corrected chi connectivity index (χ4v) is 12.5. The highest BCUT2D eigenvalue weighted by Gasteiger charge is 2.52. The molecule has 3 saturated heterocycles. The van der Waals surface area contributed by atoms with Gasteiger partial charge in [-0.15, -0.1) is 0 Å². The van der Waals surface area contributed by atoms with Gasteiger partial charge >= 0.3 is 0 Å². The monoisotopic (exact) mass is 1250 g/mol. The predicted octanol–water partition coefficient (Wildman–Crippen LogP) is 1.68. The Morgan fingerprint density at radius 2 is 1.40 bits per heavy atom. The lowest BCUT2D eigenvalue weighted by Crippen LogP contribution is -2.65. The number of likely N-dealkylation sites (N-methyl/N-ethyl adjacent to an activating group) is 3. The first-order valence-corrected chi connectivity index (χ1v) is 31.5. The molecule has 88 heavy (non-hydrogen) atoms. The van der Waals surface area contributed by atoms with Crippen LogP contribution in [0.15, 0.2) is 24.3 Å². The number of unbranched alkanes of at least 4 members (excludes halogenated alkanes) is 5. The summed E-state index contributed by atoms with van der Waals surface area (Å²) in [5.74, 6) is -4.52. The molecule has 501 valence electrons. The molecule has 3 aliphatic heterocycles.